The van der Waals surface area contributed by atoms with Gasteiger partial charge in [-0.05, 0) is 17.7 Å². The first-order valence-electron chi connectivity index (χ1n) is 5.87. The molecule has 0 amide bonds. The van der Waals surface area contributed by atoms with Crippen LogP contribution in [0.1, 0.15) is 0 Å². The van der Waals surface area contributed by atoms with Gasteiger partial charge in [0.1, 0.15) is 5.82 Å². The quantitative estimate of drug-likeness (QED) is 0.647. The summed E-state index contributed by atoms with van der Waals surface area (Å²) in [4.78, 5) is 4.35. The Hall–Kier alpha value is -1.48. The van der Waals surface area contributed by atoms with Crippen LogP contribution in [0.3, 0.4) is 0 Å². The number of nitrogens with two attached hydrogens (primary N) is 1. The Balaban J connectivity index is 2.44. The molecule has 0 saturated carbocycles. The fraction of sp³-hybridized carbons (Fsp3) is 0. The molecule has 3 rings (SSSR count). The topological polar surface area (TPSA) is 38.9 Å². The van der Waals surface area contributed by atoms with E-state index in [1.165, 1.54) is 0 Å². The normalized spacial score (nSPS) is 10.9. The van der Waals surface area contributed by atoms with Gasteiger partial charge >= 0.3 is 0 Å². The van der Waals surface area contributed by atoms with Gasteiger partial charge in [0, 0.05) is 10.9 Å². The Bertz CT molecular complexity index is 801. The summed E-state index contributed by atoms with van der Waals surface area (Å²) in [6.07, 6.45) is 0. The molecular formula is C15H9Cl3N2. The number of fused-ring (bicyclic) bond motifs is 1. The summed E-state index contributed by atoms with van der Waals surface area (Å²) in [5.74, 6) is 0.331. The van der Waals surface area contributed by atoms with Crippen molar-refractivity contribution in [1.29, 1.82) is 0 Å². The minimum absolute atomic E-state index is 0.331. The van der Waals surface area contributed by atoms with E-state index in [0.717, 1.165) is 5.56 Å². The van der Waals surface area contributed by atoms with Crippen LogP contribution in [0, 0.1) is 0 Å². The third kappa shape index (κ3) is 2.10. The van der Waals surface area contributed by atoms with Crippen molar-refractivity contribution in [3.05, 3.63) is 57.5 Å². The maximum atomic E-state index is 6.50. The van der Waals surface area contributed by atoms with E-state index in [9.17, 15) is 0 Å². The number of halogens is 3. The number of pyridine rings is 1. The van der Waals surface area contributed by atoms with Gasteiger partial charge < -0.3 is 5.73 Å². The van der Waals surface area contributed by atoms with Gasteiger partial charge in [-0.2, -0.15) is 0 Å². The molecule has 0 aliphatic rings. The van der Waals surface area contributed by atoms with E-state index in [0.29, 0.717) is 37.4 Å². The summed E-state index contributed by atoms with van der Waals surface area (Å²) >= 11 is 18.9. The molecule has 0 fully saturated rings. The summed E-state index contributed by atoms with van der Waals surface area (Å²) in [6.45, 7) is 0. The van der Waals surface area contributed by atoms with Crippen molar-refractivity contribution < 1.29 is 0 Å². The molecule has 3 aromatic rings. The van der Waals surface area contributed by atoms with Gasteiger partial charge in [-0.25, -0.2) is 4.98 Å². The predicted molar refractivity (Wildman–Crippen MR) is 86.6 cm³/mol. The van der Waals surface area contributed by atoms with E-state index in [1.807, 2.05) is 30.3 Å². The van der Waals surface area contributed by atoms with E-state index < -0.39 is 0 Å². The van der Waals surface area contributed by atoms with Crippen LogP contribution in [0.2, 0.25) is 15.1 Å². The minimum Gasteiger partial charge on any atom is -0.383 e. The lowest BCUT2D eigenvalue weighted by Crippen LogP contribution is -1.97. The Morgan fingerprint density at radius 1 is 0.850 bits per heavy atom. The van der Waals surface area contributed by atoms with Crippen molar-refractivity contribution in [2.24, 2.45) is 0 Å². The van der Waals surface area contributed by atoms with Crippen LogP contribution in [-0.4, -0.2) is 4.98 Å². The molecule has 20 heavy (non-hydrogen) atoms. The van der Waals surface area contributed by atoms with Gasteiger partial charge in [-0.3, -0.25) is 0 Å². The van der Waals surface area contributed by atoms with Crippen molar-refractivity contribution in [2.75, 3.05) is 5.73 Å². The molecule has 1 heterocycles. The van der Waals surface area contributed by atoms with Crippen molar-refractivity contribution >= 4 is 51.5 Å². The molecule has 0 saturated heterocycles. The average Bonchev–Trinajstić information content (AvgIpc) is 2.44. The highest BCUT2D eigenvalue weighted by molar-refractivity contribution is 6.46. The van der Waals surface area contributed by atoms with Gasteiger partial charge in [-0.1, -0.05) is 65.1 Å². The van der Waals surface area contributed by atoms with Gasteiger partial charge in [0.2, 0.25) is 0 Å². The van der Waals surface area contributed by atoms with Gasteiger partial charge in [-0.15, -0.1) is 0 Å². The number of anilines is 1. The molecule has 0 aliphatic carbocycles. The molecule has 0 radical (unpaired) electrons. The highest BCUT2D eigenvalue weighted by Gasteiger charge is 2.17. The number of aromatic nitrogens is 1. The van der Waals surface area contributed by atoms with Gasteiger partial charge in [0.15, 0.2) is 0 Å². The summed E-state index contributed by atoms with van der Waals surface area (Å²) in [6, 6.07) is 13.0. The molecule has 0 spiro atoms. The van der Waals surface area contributed by atoms with Crippen LogP contribution in [-0.2, 0) is 0 Å². The zero-order valence-electron chi connectivity index (χ0n) is 10.2. The van der Waals surface area contributed by atoms with E-state index >= 15 is 0 Å². The van der Waals surface area contributed by atoms with Crippen LogP contribution in [0.5, 0.6) is 0 Å². The summed E-state index contributed by atoms with van der Waals surface area (Å²) in [5.41, 5.74) is 8.12. The minimum atomic E-state index is 0.331. The second-order valence-electron chi connectivity index (χ2n) is 4.30. The monoisotopic (exact) mass is 322 g/mol. The molecule has 5 heteroatoms. The molecule has 2 nitrogen and oxygen atoms in total. The van der Waals surface area contributed by atoms with Crippen LogP contribution in [0.4, 0.5) is 5.82 Å². The first-order chi connectivity index (χ1) is 9.59. The highest BCUT2D eigenvalue weighted by atomic mass is 35.5. The molecule has 2 N–H and O–H groups in total. The highest BCUT2D eigenvalue weighted by Crippen LogP contribution is 2.41. The zero-order chi connectivity index (χ0) is 14.3. The second kappa shape index (κ2) is 5.13. The van der Waals surface area contributed by atoms with Gasteiger partial charge in [0.05, 0.1) is 20.6 Å². The van der Waals surface area contributed by atoms with E-state index in [1.54, 1.807) is 12.1 Å². The fourth-order valence-corrected chi connectivity index (χ4v) is 3.04. The lowest BCUT2D eigenvalue weighted by molar-refractivity contribution is 1.41. The summed E-state index contributed by atoms with van der Waals surface area (Å²) in [5, 5.41) is 2.05. The Labute approximate surface area is 131 Å². The first-order valence-corrected chi connectivity index (χ1v) is 7.01. The van der Waals surface area contributed by atoms with Crippen molar-refractivity contribution in [3.8, 4) is 11.1 Å². The third-order valence-corrected chi connectivity index (χ3v) is 4.07. The third-order valence-electron chi connectivity index (χ3n) is 3.07. The largest absolute Gasteiger partial charge is 0.383 e. The molecule has 0 unspecified atom stereocenters. The van der Waals surface area contributed by atoms with Crippen LogP contribution in [0.25, 0.3) is 22.0 Å². The number of rotatable bonds is 1. The van der Waals surface area contributed by atoms with Gasteiger partial charge in [0.25, 0.3) is 0 Å². The summed E-state index contributed by atoms with van der Waals surface area (Å²) in [7, 11) is 0. The molecule has 0 aliphatic heterocycles. The predicted octanol–water partition coefficient (Wildman–Crippen LogP) is 5.44. The SMILES string of the molecule is Nc1nc2c(Cl)ccc(Cl)c2c(Cl)c1-c1ccccc1. The fourth-order valence-electron chi connectivity index (χ4n) is 2.15. The number of nitrogen functional groups attached to an aromatic ring is 1. The number of benzene rings is 2. The Morgan fingerprint density at radius 2 is 1.50 bits per heavy atom. The average molecular weight is 324 g/mol. The van der Waals surface area contributed by atoms with Crippen LogP contribution < -0.4 is 5.73 Å². The number of hydrogen-bond acceptors (Lipinski definition) is 2. The zero-order valence-corrected chi connectivity index (χ0v) is 12.5. The van der Waals surface area contributed by atoms with Crippen molar-refractivity contribution in [1.82, 2.24) is 4.98 Å². The Morgan fingerprint density at radius 3 is 2.20 bits per heavy atom. The second-order valence-corrected chi connectivity index (χ2v) is 5.50. The summed E-state index contributed by atoms with van der Waals surface area (Å²) < 4.78 is 0. The molecule has 1 aromatic heterocycles. The van der Waals surface area contributed by atoms with E-state index in [-0.39, 0.29) is 0 Å². The number of hydrogen-bond donors (Lipinski definition) is 1. The molecular weight excluding hydrogens is 315 g/mol. The van der Waals surface area contributed by atoms with Crippen molar-refractivity contribution in [3.63, 3.8) is 0 Å². The lowest BCUT2D eigenvalue weighted by atomic mass is 10.0. The maximum absolute atomic E-state index is 6.50. The molecule has 100 valence electrons. The lowest BCUT2D eigenvalue weighted by Gasteiger charge is -2.12. The van der Waals surface area contributed by atoms with E-state index in [4.69, 9.17) is 40.5 Å². The molecule has 0 atom stereocenters. The van der Waals surface area contributed by atoms with Crippen molar-refractivity contribution in [2.45, 2.75) is 0 Å². The standard InChI is InChI=1S/C15H9Cl3N2/c16-9-6-7-10(17)14-12(9)13(18)11(15(19)20-14)8-4-2-1-3-5-8/h1-7H,(H2,19,20). The van der Waals surface area contributed by atoms with Crippen LogP contribution >= 0.6 is 34.8 Å². The smallest absolute Gasteiger partial charge is 0.133 e. The maximum Gasteiger partial charge on any atom is 0.133 e. The first kappa shape index (κ1) is 13.5. The van der Waals surface area contributed by atoms with E-state index in [2.05, 4.69) is 4.98 Å². The Kier molecular flexibility index (Phi) is 3.47. The van der Waals surface area contributed by atoms with Crippen LogP contribution in [0.15, 0.2) is 42.5 Å². The number of nitrogens with zero attached hydrogens (tertiary/aromatic N) is 1. The molecule has 2 aromatic carbocycles. The molecule has 0 bridgehead atoms.